The predicted octanol–water partition coefficient (Wildman–Crippen LogP) is 4.01. The summed E-state index contributed by atoms with van der Waals surface area (Å²) in [5.41, 5.74) is 4.05. The van der Waals surface area contributed by atoms with Gasteiger partial charge in [0.2, 0.25) is 0 Å². The summed E-state index contributed by atoms with van der Waals surface area (Å²) in [6, 6.07) is 10.9. The molecule has 0 aliphatic heterocycles. The molecule has 1 aromatic carbocycles. The number of rotatable bonds is 3. The molecule has 3 aromatic rings. The summed E-state index contributed by atoms with van der Waals surface area (Å²) < 4.78 is 10.3. The Labute approximate surface area is 156 Å². The fraction of sp³-hybridized carbons (Fsp3) is 0.143. The highest BCUT2D eigenvalue weighted by molar-refractivity contribution is 5.98. The molecule has 0 aliphatic rings. The number of amides is 1. The van der Waals surface area contributed by atoms with Gasteiger partial charge in [-0.3, -0.25) is 4.79 Å². The number of hydrogen-bond donors (Lipinski definition) is 2. The summed E-state index contributed by atoms with van der Waals surface area (Å²) in [4.78, 5) is 27.3. The highest BCUT2D eigenvalue weighted by Crippen LogP contribution is 2.28. The second-order valence-corrected chi connectivity index (χ2v) is 5.99. The molecule has 0 radical (unpaired) electrons. The van der Waals surface area contributed by atoms with E-state index in [1.54, 1.807) is 31.5 Å². The second-order valence-electron chi connectivity index (χ2n) is 5.99. The van der Waals surface area contributed by atoms with Crippen molar-refractivity contribution in [3.05, 3.63) is 71.8 Å². The summed E-state index contributed by atoms with van der Waals surface area (Å²) in [5.74, 6) is -0.654. The number of carbonyl (C=O) groups excluding carboxylic acids is 2. The predicted molar refractivity (Wildman–Crippen MR) is 103 cm³/mol. The summed E-state index contributed by atoms with van der Waals surface area (Å²) in [6.45, 7) is 1.84. The van der Waals surface area contributed by atoms with Crippen LogP contribution in [0.4, 0.5) is 0 Å². The van der Waals surface area contributed by atoms with Crippen molar-refractivity contribution in [2.24, 2.45) is 0 Å². The zero-order chi connectivity index (χ0) is 19.4. The lowest BCUT2D eigenvalue weighted by Crippen LogP contribution is -2.18. The Bertz CT molecular complexity index is 1060. The number of aromatic amines is 1. The largest absolute Gasteiger partial charge is 0.471 e. The van der Waals surface area contributed by atoms with Crippen LogP contribution < -0.4 is 5.32 Å². The van der Waals surface area contributed by atoms with Crippen LogP contribution in [-0.2, 0) is 4.74 Å². The first kappa shape index (κ1) is 18.3. The molecular formula is C21H20N2O4. The molecule has 6 nitrogen and oxygen atoms in total. The summed E-state index contributed by atoms with van der Waals surface area (Å²) in [6.07, 6.45) is 4.81. The van der Waals surface area contributed by atoms with Crippen LogP contribution in [0.15, 0.2) is 59.5 Å². The number of esters is 1. The average molecular weight is 364 g/mol. The molecule has 2 N–H and O–H groups in total. The van der Waals surface area contributed by atoms with Crippen molar-refractivity contribution >= 4 is 22.8 Å². The zero-order valence-electron chi connectivity index (χ0n) is 15.3. The second kappa shape index (κ2) is 7.78. The quantitative estimate of drug-likeness (QED) is 0.688. The first-order valence-electron chi connectivity index (χ1n) is 8.38. The summed E-state index contributed by atoms with van der Waals surface area (Å²) in [7, 11) is 2.92. The molecule has 1 amide bonds. The lowest BCUT2D eigenvalue weighted by molar-refractivity contribution is 0.0600. The number of fused-ring (bicyclic) bond motifs is 1. The van der Waals surface area contributed by atoms with Crippen LogP contribution in [0.5, 0.6) is 0 Å². The van der Waals surface area contributed by atoms with Crippen molar-refractivity contribution in [1.29, 1.82) is 0 Å². The molecule has 0 atom stereocenters. The van der Waals surface area contributed by atoms with Crippen molar-refractivity contribution < 1.29 is 18.7 Å². The molecule has 2 heterocycles. The third kappa shape index (κ3) is 3.69. The molecule has 0 bridgehead atoms. The number of aryl methyl sites for hydroxylation is 1. The molecular weight excluding hydrogens is 344 g/mol. The van der Waals surface area contributed by atoms with E-state index in [4.69, 9.17) is 9.15 Å². The fourth-order valence-corrected chi connectivity index (χ4v) is 2.87. The number of carbonyl (C=O) groups is 2. The van der Waals surface area contributed by atoms with Gasteiger partial charge in [0.15, 0.2) is 0 Å². The lowest BCUT2D eigenvalue weighted by Gasteiger charge is -2.06. The number of benzene rings is 1. The van der Waals surface area contributed by atoms with Crippen LogP contribution in [0.3, 0.4) is 0 Å². The van der Waals surface area contributed by atoms with Gasteiger partial charge in [0, 0.05) is 24.2 Å². The van der Waals surface area contributed by atoms with E-state index >= 15 is 0 Å². The van der Waals surface area contributed by atoms with Crippen LogP contribution >= 0.6 is 0 Å². The maximum absolute atomic E-state index is 12.2. The van der Waals surface area contributed by atoms with Gasteiger partial charge in [0.25, 0.3) is 5.91 Å². The third-order valence-electron chi connectivity index (χ3n) is 4.28. The molecule has 6 heteroatoms. The van der Waals surface area contributed by atoms with Gasteiger partial charge in [-0.1, -0.05) is 12.1 Å². The molecule has 2 aromatic heterocycles. The molecule has 138 valence electrons. The van der Waals surface area contributed by atoms with E-state index in [2.05, 4.69) is 10.3 Å². The average Bonchev–Trinajstić information content (AvgIpc) is 3.17. The maximum Gasteiger partial charge on any atom is 0.337 e. The van der Waals surface area contributed by atoms with Gasteiger partial charge in [0.05, 0.1) is 30.0 Å². The Balaban J connectivity index is 2.35. The SMILES string of the molecule is CNC(=O)c1cocc2cc[nH]c2c(-c2cccc(C(=O)OC)c2)cc1C. The van der Waals surface area contributed by atoms with E-state index in [0.29, 0.717) is 11.1 Å². The van der Waals surface area contributed by atoms with Crippen LogP contribution in [-0.4, -0.2) is 31.0 Å². The van der Waals surface area contributed by atoms with E-state index in [9.17, 15) is 9.59 Å². The Morgan fingerprint density at radius 2 is 1.96 bits per heavy atom. The minimum absolute atomic E-state index is 0.245. The van der Waals surface area contributed by atoms with Gasteiger partial charge in [-0.15, -0.1) is 0 Å². The molecule has 0 unspecified atom stereocenters. The Kier molecular flexibility index (Phi) is 5.26. The summed E-state index contributed by atoms with van der Waals surface area (Å²) >= 11 is 0. The van der Waals surface area contributed by atoms with Crippen molar-refractivity contribution in [2.75, 3.05) is 14.2 Å². The molecule has 0 saturated heterocycles. The van der Waals surface area contributed by atoms with Crippen molar-refractivity contribution in [3.63, 3.8) is 0 Å². The number of aromatic nitrogens is 1. The van der Waals surface area contributed by atoms with Crippen LogP contribution in [0.25, 0.3) is 22.0 Å². The molecule has 0 fully saturated rings. The Morgan fingerprint density at radius 3 is 2.70 bits per heavy atom. The van der Waals surface area contributed by atoms with Gasteiger partial charge in [-0.2, -0.15) is 0 Å². The van der Waals surface area contributed by atoms with Gasteiger partial charge < -0.3 is 19.5 Å². The van der Waals surface area contributed by atoms with Crippen LogP contribution in [0.1, 0.15) is 26.3 Å². The number of methoxy groups -OCH3 is 1. The highest BCUT2D eigenvalue weighted by atomic mass is 16.5. The van der Waals surface area contributed by atoms with E-state index < -0.39 is 5.97 Å². The van der Waals surface area contributed by atoms with Crippen molar-refractivity contribution in [3.8, 4) is 11.1 Å². The number of ether oxygens (including phenoxy) is 1. The van der Waals surface area contributed by atoms with Crippen LogP contribution in [0, 0.1) is 6.92 Å². The lowest BCUT2D eigenvalue weighted by atomic mass is 10.0. The van der Waals surface area contributed by atoms with Crippen LogP contribution in [0.2, 0.25) is 0 Å². The number of hydrogen-bond acceptors (Lipinski definition) is 4. The van der Waals surface area contributed by atoms with Gasteiger partial charge in [0.1, 0.15) is 6.26 Å². The third-order valence-corrected chi connectivity index (χ3v) is 4.28. The monoisotopic (exact) mass is 364 g/mol. The van der Waals surface area contributed by atoms with E-state index in [1.807, 2.05) is 31.3 Å². The summed E-state index contributed by atoms with van der Waals surface area (Å²) in [5, 5.41) is 3.44. The van der Waals surface area contributed by atoms with E-state index in [1.165, 1.54) is 13.4 Å². The maximum atomic E-state index is 12.2. The minimum Gasteiger partial charge on any atom is -0.471 e. The minimum atomic E-state index is -0.409. The number of nitrogens with one attached hydrogen (secondary N) is 2. The molecule has 0 saturated carbocycles. The smallest absolute Gasteiger partial charge is 0.337 e. The van der Waals surface area contributed by atoms with E-state index in [-0.39, 0.29) is 5.91 Å². The molecule has 0 spiro atoms. The zero-order valence-corrected chi connectivity index (χ0v) is 15.3. The fourth-order valence-electron chi connectivity index (χ4n) is 2.87. The van der Waals surface area contributed by atoms with E-state index in [0.717, 1.165) is 27.6 Å². The molecule has 3 rings (SSSR count). The standard InChI is InChI=1S/C21H20N2O4/c1-13-9-17(14-5-4-6-15(10-14)21(25)26-3)19-16(7-8-23-19)11-27-12-18(13)20(24)22-2/h4-12,23H,1-3H3,(H,22,24). The first-order valence-corrected chi connectivity index (χ1v) is 8.38. The van der Waals surface area contributed by atoms with Crippen molar-refractivity contribution in [2.45, 2.75) is 6.92 Å². The topological polar surface area (TPSA) is 84.3 Å². The van der Waals surface area contributed by atoms with Crippen molar-refractivity contribution in [1.82, 2.24) is 10.3 Å². The van der Waals surface area contributed by atoms with Gasteiger partial charge in [-0.25, -0.2) is 4.79 Å². The molecule has 27 heavy (non-hydrogen) atoms. The van der Waals surface area contributed by atoms with Gasteiger partial charge in [-0.05, 0) is 42.3 Å². The Morgan fingerprint density at radius 1 is 1.15 bits per heavy atom. The Hall–Kier alpha value is -3.54. The number of H-pyrrole nitrogens is 1. The normalized spacial score (nSPS) is 10.3. The van der Waals surface area contributed by atoms with Gasteiger partial charge >= 0.3 is 5.97 Å². The first-order chi connectivity index (χ1) is 13.0. The molecule has 0 aliphatic carbocycles. The highest BCUT2D eigenvalue weighted by Gasteiger charge is 2.12.